The molecule has 1 heterocycles. The van der Waals surface area contributed by atoms with Gasteiger partial charge in [-0.05, 0) is 12.8 Å². The van der Waals surface area contributed by atoms with E-state index in [0.717, 1.165) is 19.5 Å². The molecule has 1 unspecified atom stereocenters. The molecule has 6 heteroatoms. The molecule has 1 saturated heterocycles. The SMILES string of the molecule is COc1cc(C#N)c(NC(=O)C[NH+]2CCC[C@H](C)C2)cc1OC. The highest BCUT2D eigenvalue weighted by molar-refractivity contribution is 5.93. The molecule has 0 aromatic heterocycles. The first-order valence-electron chi connectivity index (χ1n) is 7.87. The Morgan fingerprint density at radius 2 is 2.09 bits per heavy atom. The predicted octanol–water partition coefficient (Wildman–Crippen LogP) is 0.829. The van der Waals surface area contributed by atoms with E-state index in [1.54, 1.807) is 12.1 Å². The number of hydrogen-bond donors (Lipinski definition) is 2. The zero-order valence-electron chi connectivity index (χ0n) is 13.9. The molecule has 1 amide bonds. The molecule has 0 aliphatic carbocycles. The molecule has 1 aliphatic heterocycles. The van der Waals surface area contributed by atoms with E-state index < -0.39 is 0 Å². The van der Waals surface area contributed by atoms with Crippen LogP contribution in [0.25, 0.3) is 0 Å². The number of carbonyl (C=O) groups is 1. The third-order valence-corrected chi connectivity index (χ3v) is 4.19. The highest BCUT2D eigenvalue weighted by atomic mass is 16.5. The van der Waals surface area contributed by atoms with Crippen molar-refractivity contribution in [1.29, 1.82) is 5.26 Å². The van der Waals surface area contributed by atoms with E-state index >= 15 is 0 Å². The number of amides is 1. The van der Waals surface area contributed by atoms with Crippen LogP contribution in [0.5, 0.6) is 11.5 Å². The number of benzene rings is 1. The van der Waals surface area contributed by atoms with Gasteiger partial charge in [0.05, 0.1) is 38.6 Å². The van der Waals surface area contributed by atoms with Crippen molar-refractivity contribution in [2.45, 2.75) is 19.8 Å². The van der Waals surface area contributed by atoms with E-state index in [1.807, 2.05) is 0 Å². The van der Waals surface area contributed by atoms with Gasteiger partial charge in [0, 0.05) is 18.1 Å². The molecule has 2 rings (SSSR count). The van der Waals surface area contributed by atoms with Crippen LogP contribution in [0, 0.1) is 17.2 Å². The Morgan fingerprint density at radius 1 is 1.39 bits per heavy atom. The van der Waals surface area contributed by atoms with E-state index in [2.05, 4.69) is 18.3 Å². The summed E-state index contributed by atoms with van der Waals surface area (Å²) in [4.78, 5) is 13.6. The molecule has 1 aromatic rings. The summed E-state index contributed by atoms with van der Waals surface area (Å²) in [6.07, 6.45) is 2.39. The Labute approximate surface area is 137 Å². The molecule has 1 fully saturated rings. The molecule has 0 saturated carbocycles. The van der Waals surface area contributed by atoms with Crippen LogP contribution < -0.4 is 19.7 Å². The number of hydrogen-bond acceptors (Lipinski definition) is 4. The maximum Gasteiger partial charge on any atom is 0.279 e. The van der Waals surface area contributed by atoms with Gasteiger partial charge >= 0.3 is 0 Å². The standard InChI is InChI=1S/C17H23N3O3/c1-12-5-4-6-20(10-12)11-17(21)19-14-8-16(23-3)15(22-2)7-13(14)9-18/h7-8,12H,4-6,10-11H2,1-3H3,(H,19,21)/p+1/t12-/m0/s1. The number of carbonyl (C=O) groups excluding carboxylic acids is 1. The van der Waals surface area contributed by atoms with Crippen LogP contribution in [0.2, 0.25) is 0 Å². The van der Waals surface area contributed by atoms with Crippen molar-refractivity contribution in [3.8, 4) is 17.6 Å². The lowest BCUT2D eigenvalue weighted by Gasteiger charge is -2.27. The molecule has 23 heavy (non-hydrogen) atoms. The molecule has 1 aromatic carbocycles. The average Bonchev–Trinajstić information content (AvgIpc) is 2.54. The first-order valence-corrected chi connectivity index (χ1v) is 7.87. The van der Waals surface area contributed by atoms with E-state index in [4.69, 9.17) is 9.47 Å². The minimum absolute atomic E-state index is 0.0854. The van der Waals surface area contributed by atoms with E-state index in [1.165, 1.54) is 25.5 Å². The zero-order chi connectivity index (χ0) is 16.8. The molecule has 2 atom stereocenters. The maximum atomic E-state index is 12.3. The first-order chi connectivity index (χ1) is 11.1. The predicted molar refractivity (Wildman–Crippen MR) is 86.9 cm³/mol. The van der Waals surface area contributed by atoms with Gasteiger partial charge in [-0.2, -0.15) is 5.26 Å². The lowest BCUT2D eigenvalue weighted by Crippen LogP contribution is -3.14. The Balaban J connectivity index is 2.09. The monoisotopic (exact) mass is 318 g/mol. The Hall–Kier alpha value is -2.26. The van der Waals surface area contributed by atoms with Crippen molar-refractivity contribution in [3.63, 3.8) is 0 Å². The van der Waals surface area contributed by atoms with Gasteiger partial charge in [0.15, 0.2) is 18.0 Å². The summed E-state index contributed by atoms with van der Waals surface area (Å²) in [7, 11) is 3.03. The fraction of sp³-hybridized carbons (Fsp3) is 0.529. The number of anilines is 1. The van der Waals surface area contributed by atoms with Crippen molar-refractivity contribution in [3.05, 3.63) is 17.7 Å². The fourth-order valence-electron chi connectivity index (χ4n) is 3.05. The summed E-state index contributed by atoms with van der Waals surface area (Å²) in [6, 6.07) is 5.28. The van der Waals surface area contributed by atoms with E-state index in [0.29, 0.717) is 35.2 Å². The molecule has 124 valence electrons. The third-order valence-electron chi connectivity index (χ3n) is 4.19. The second kappa shape index (κ2) is 7.84. The number of nitrogens with one attached hydrogen (secondary N) is 2. The Kier molecular flexibility index (Phi) is 5.83. The second-order valence-corrected chi connectivity index (χ2v) is 6.04. The molecular formula is C17H24N3O3+. The number of nitrogens with zero attached hydrogens (tertiary/aromatic N) is 1. The molecule has 0 spiro atoms. The van der Waals surface area contributed by atoms with Gasteiger partial charge in [-0.3, -0.25) is 4.79 Å². The number of rotatable bonds is 5. The summed E-state index contributed by atoms with van der Waals surface area (Å²) in [5.74, 6) is 1.53. The van der Waals surface area contributed by atoms with Crippen molar-refractivity contribution in [2.75, 3.05) is 39.2 Å². The molecule has 0 bridgehead atoms. The van der Waals surface area contributed by atoms with Crippen LogP contribution in [0.3, 0.4) is 0 Å². The topological polar surface area (TPSA) is 75.8 Å². The lowest BCUT2D eigenvalue weighted by atomic mass is 10.0. The number of likely N-dealkylation sites (tertiary alicyclic amines) is 1. The highest BCUT2D eigenvalue weighted by Gasteiger charge is 2.22. The van der Waals surface area contributed by atoms with Crippen molar-refractivity contribution in [2.24, 2.45) is 5.92 Å². The largest absolute Gasteiger partial charge is 0.493 e. The number of nitriles is 1. The van der Waals surface area contributed by atoms with Crippen molar-refractivity contribution in [1.82, 2.24) is 0 Å². The minimum Gasteiger partial charge on any atom is -0.493 e. The number of ether oxygens (including phenoxy) is 2. The summed E-state index contributed by atoms with van der Waals surface area (Å²) in [6.45, 7) is 4.68. The zero-order valence-corrected chi connectivity index (χ0v) is 13.9. The van der Waals surface area contributed by atoms with Gasteiger partial charge in [-0.25, -0.2) is 0 Å². The third kappa shape index (κ3) is 4.36. The van der Waals surface area contributed by atoms with Crippen LogP contribution >= 0.6 is 0 Å². The molecule has 6 nitrogen and oxygen atoms in total. The van der Waals surface area contributed by atoms with Crippen LogP contribution in [-0.4, -0.2) is 39.8 Å². The summed E-state index contributed by atoms with van der Waals surface area (Å²) >= 11 is 0. The van der Waals surface area contributed by atoms with Crippen LogP contribution in [-0.2, 0) is 4.79 Å². The van der Waals surface area contributed by atoms with Crippen LogP contribution in [0.15, 0.2) is 12.1 Å². The van der Waals surface area contributed by atoms with Gasteiger partial charge in [0.25, 0.3) is 5.91 Å². The normalized spacial score (nSPS) is 20.4. The summed E-state index contributed by atoms with van der Waals surface area (Å²) < 4.78 is 10.4. The first kappa shape index (κ1) is 17.1. The number of quaternary nitrogens is 1. The quantitative estimate of drug-likeness (QED) is 0.843. The fourth-order valence-corrected chi connectivity index (χ4v) is 3.05. The summed E-state index contributed by atoms with van der Waals surface area (Å²) in [5.41, 5.74) is 0.817. The molecule has 2 N–H and O–H groups in total. The van der Waals surface area contributed by atoms with Gasteiger partial charge < -0.3 is 19.7 Å². The molecule has 0 radical (unpaired) electrons. The van der Waals surface area contributed by atoms with E-state index in [-0.39, 0.29) is 5.91 Å². The van der Waals surface area contributed by atoms with Crippen molar-refractivity contribution < 1.29 is 19.2 Å². The van der Waals surface area contributed by atoms with Gasteiger partial charge in [0.1, 0.15) is 6.07 Å². The van der Waals surface area contributed by atoms with Crippen LogP contribution in [0.4, 0.5) is 5.69 Å². The van der Waals surface area contributed by atoms with E-state index in [9.17, 15) is 10.1 Å². The van der Waals surface area contributed by atoms with Crippen LogP contribution in [0.1, 0.15) is 25.3 Å². The molecule has 1 aliphatic rings. The summed E-state index contributed by atoms with van der Waals surface area (Å²) in [5, 5.41) is 12.1. The Morgan fingerprint density at radius 3 is 2.70 bits per heavy atom. The lowest BCUT2D eigenvalue weighted by molar-refractivity contribution is -0.900. The number of piperidine rings is 1. The number of methoxy groups -OCH3 is 2. The van der Waals surface area contributed by atoms with Gasteiger partial charge in [-0.15, -0.1) is 0 Å². The average molecular weight is 318 g/mol. The van der Waals surface area contributed by atoms with Gasteiger partial charge in [-0.1, -0.05) is 6.92 Å². The highest BCUT2D eigenvalue weighted by Crippen LogP contribution is 2.32. The maximum absolute atomic E-state index is 12.3. The minimum atomic E-state index is -0.0854. The Bertz CT molecular complexity index is 610. The van der Waals surface area contributed by atoms with Gasteiger partial charge in [0.2, 0.25) is 0 Å². The second-order valence-electron chi connectivity index (χ2n) is 6.04. The smallest absolute Gasteiger partial charge is 0.279 e. The van der Waals surface area contributed by atoms with Crippen molar-refractivity contribution >= 4 is 11.6 Å². The molecular weight excluding hydrogens is 294 g/mol.